The predicted octanol–water partition coefficient (Wildman–Crippen LogP) is 6.03. The highest BCUT2D eigenvalue weighted by molar-refractivity contribution is 6.13. The normalized spacial score (nSPS) is 13.4. The SMILES string of the molecule is CCOC(=O)c1cc2cc(OC)ccc2[nH]1.COc1ccc2c(c1)c(C=O)c1n2CCN(C=O)C1=O.COc1ccc2c(c1)c(C=O)c1n2CCNC1=O.COc1ccc2c(c1)cc1n2CCNC1=O. The topological polar surface area (TPSA) is 224 Å². The Labute approximate surface area is 399 Å². The summed E-state index contributed by atoms with van der Waals surface area (Å²) in [6.07, 6.45) is 1.89. The maximum atomic E-state index is 12.2. The summed E-state index contributed by atoms with van der Waals surface area (Å²) in [6, 6.07) is 25.9. The lowest BCUT2D eigenvalue weighted by Crippen LogP contribution is -2.39. The van der Waals surface area contributed by atoms with E-state index in [2.05, 4.69) is 15.6 Å². The first-order chi connectivity index (χ1) is 34.0. The molecule has 70 heavy (non-hydrogen) atoms. The number of hydrogen-bond acceptors (Lipinski definition) is 12. The molecule has 19 nitrogen and oxygen atoms in total. The predicted molar refractivity (Wildman–Crippen MR) is 259 cm³/mol. The van der Waals surface area contributed by atoms with Crippen LogP contribution in [0, 0.1) is 0 Å². The molecule has 3 N–H and O–H groups in total. The first-order valence-corrected chi connectivity index (χ1v) is 22.2. The average molecular weight is 952 g/mol. The Morgan fingerprint density at radius 3 is 1.70 bits per heavy atom. The Balaban J connectivity index is 0.000000126. The van der Waals surface area contributed by atoms with Crippen molar-refractivity contribution in [3.05, 3.63) is 119 Å². The standard InChI is InChI=1S/C14H12N2O4.C13H12N2O3.C12H12N2O2.C12H13NO3/c1-20-9-2-3-12-10(6-9)11(7-17)13-14(19)15(8-18)4-5-16(12)13;1-18-8-2-3-11-9(6-8)10(7-16)12-13(17)14-4-5-15(11)12;1-16-9-2-3-10-8(6-9)7-11-12(15)13-4-5-14(10)11;1-3-16-12(14)11-7-8-6-9(15-2)4-5-10(8)13-11/h2-3,6-8H,4-5H2,1H3;2-3,6-7H,4-5H2,1H3,(H,14,17);2-3,6-7H,4-5H2,1H3,(H,13,15);4-7,13H,3H2,1-2H3. The molecule has 0 spiro atoms. The van der Waals surface area contributed by atoms with Crippen molar-refractivity contribution in [2.45, 2.75) is 26.6 Å². The number of aromatic nitrogens is 4. The minimum atomic E-state index is -0.441. The van der Waals surface area contributed by atoms with E-state index in [-0.39, 0.29) is 23.5 Å². The number of amides is 4. The number of esters is 1. The fourth-order valence-electron chi connectivity index (χ4n) is 8.80. The molecule has 4 aromatic heterocycles. The lowest BCUT2D eigenvalue weighted by Gasteiger charge is -2.23. The van der Waals surface area contributed by atoms with Gasteiger partial charge in [0.15, 0.2) is 12.6 Å². The second kappa shape index (κ2) is 20.6. The number of ether oxygens (including phenoxy) is 5. The summed E-state index contributed by atoms with van der Waals surface area (Å²) in [5, 5.41) is 8.99. The molecule has 0 saturated carbocycles. The number of aromatic amines is 1. The van der Waals surface area contributed by atoms with Gasteiger partial charge in [0.25, 0.3) is 17.7 Å². The number of rotatable bonds is 9. The van der Waals surface area contributed by atoms with Crippen molar-refractivity contribution >= 4 is 86.3 Å². The highest BCUT2D eigenvalue weighted by atomic mass is 16.5. The number of methoxy groups -OCH3 is 4. The van der Waals surface area contributed by atoms with E-state index in [9.17, 15) is 33.6 Å². The third-order valence-corrected chi connectivity index (χ3v) is 12.1. The Morgan fingerprint density at radius 2 is 1.11 bits per heavy atom. The second-order valence-electron chi connectivity index (χ2n) is 15.9. The van der Waals surface area contributed by atoms with Crippen LogP contribution < -0.4 is 29.6 Å². The zero-order chi connectivity index (χ0) is 49.6. The molecule has 11 rings (SSSR count). The van der Waals surface area contributed by atoms with Crippen LogP contribution in [-0.4, -0.2) is 121 Å². The van der Waals surface area contributed by atoms with Crippen LogP contribution >= 0.6 is 0 Å². The van der Waals surface area contributed by atoms with Crippen LogP contribution in [0.25, 0.3) is 43.6 Å². The molecule has 0 saturated heterocycles. The van der Waals surface area contributed by atoms with E-state index >= 15 is 0 Å². The maximum Gasteiger partial charge on any atom is 0.354 e. The first kappa shape index (κ1) is 47.6. The van der Waals surface area contributed by atoms with Crippen LogP contribution in [0.4, 0.5) is 0 Å². The van der Waals surface area contributed by atoms with Crippen LogP contribution in [0.1, 0.15) is 69.6 Å². The van der Waals surface area contributed by atoms with Crippen molar-refractivity contribution in [2.24, 2.45) is 0 Å². The molecule has 3 aliphatic rings. The van der Waals surface area contributed by atoms with Gasteiger partial charge in [-0.25, -0.2) is 4.79 Å². The number of carbonyl (C=O) groups excluding carboxylic acids is 7. The van der Waals surface area contributed by atoms with E-state index < -0.39 is 5.91 Å². The molecule has 360 valence electrons. The molecule has 0 fully saturated rings. The van der Waals surface area contributed by atoms with Crippen molar-refractivity contribution in [1.82, 2.24) is 34.2 Å². The van der Waals surface area contributed by atoms with Crippen molar-refractivity contribution in [3.63, 3.8) is 0 Å². The number of hydrogen-bond donors (Lipinski definition) is 3. The zero-order valence-corrected chi connectivity index (χ0v) is 39.0. The van der Waals surface area contributed by atoms with Crippen LogP contribution in [0.5, 0.6) is 23.0 Å². The first-order valence-electron chi connectivity index (χ1n) is 22.2. The lowest BCUT2D eigenvalue weighted by molar-refractivity contribution is -0.116. The largest absolute Gasteiger partial charge is 0.497 e. The highest BCUT2D eigenvalue weighted by Crippen LogP contribution is 2.32. The Bertz CT molecular complexity index is 3360. The smallest absolute Gasteiger partial charge is 0.354 e. The molecule has 0 aliphatic carbocycles. The molecule has 4 aromatic carbocycles. The Kier molecular flexibility index (Phi) is 14.0. The summed E-state index contributed by atoms with van der Waals surface area (Å²) < 4.78 is 31.2. The molecule has 0 atom stereocenters. The van der Waals surface area contributed by atoms with Gasteiger partial charge in [0.1, 0.15) is 45.8 Å². The molecule has 8 aromatic rings. The Hall–Kier alpha value is -8.87. The molecule has 19 heteroatoms. The number of imide groups is 1. The molecule has 7 heterocycles. The van der Waals surface area contributed by atoms with Crippen molar-refractivity contribution in [3.8, 4) is 23.0 Å². The number of carbonyl (C=O) groups is 7. The van der Waals surface area contributed by atoms with Gasteiger partial charge in [-0.3, -0.25) is 33.7 Å². The molecule has 3 aliphatic heterocycles. The van der Waals surface area contributed by atoms with Crippen molar-refractivity contribution in [2.75, 3.05) is 54.7 Å². The summed E-state index contributed by atoms with van der Waals surface area (Å²) >= 11 is 0. The van der Waals surface area contributed by atoms with E-state index in [0.29, 0.717) is 91.4 Å². The van der Waals surface area contributed by atoms with Crippen LogP contribution in [0.2, 0.25) is 0 Å². The van der Waals surface area contributed by atoms with Gasteiger partial charge < -0.3 is 53.0 Å². The molecule has 0 radical (unpaired) electrons. The second-order valence-corrected chi connectivity index (χ2v) is 15.9. The molecule has 4 amide bonds. The van der Waals surface area contributed by atoms with Gasteiger partial charge in [0.2, 0.25) is 6.41 Å². The number of nitrogens with one attached hydrogen (secondary N) is 3. The van der Waals surface area contributed by atoms with E-state index in [0.717, 1.165) is 73.1 Å². The monoisotopic (exact) mass is 951 g/mol. The van der Waals surface area contributed by atoms with Gasteiger partial charge in [-0.15, -0.1) is 0 Å². The number of aldehydes is 2. The van der Waals surface area contributed by atoms with E-state index in [1.165, 1.54) is 7.11 Å². The highest BCUT2D eigenvalue weighted by Gasteiger charge is 2.31. The number of benzene rings is 4. The number of H-pyrrole nitrogens is 1. The van der Waals surface area contributed by atoms with Gasteiger partial charge in [-0.05, 0) is 91.9 Å². The fraction of sp³-hybridized carbons (Fsp3) is 0.235. The van der Waals surface area contributed by atoms with Gasteiger partial charge in [-0.2, -0.15) is 0 Å². The minimum absolute atomic E-state index is 0.00131. The average Bonchev–Trinajstić information content (AvgIpc) is 4.16. The minimum Gasteiger partial charge on any atom is -0.497 e. The lowest BCUT2D eigenvalue weighted by atomic mass is 10.1. The maximum absolute atomic E-state index is 12.2. The van der Waals surface area contributed by atoms with E-state index in [4.69, 9.17) is 23.7 Å². The van der Waals surface area contributed by atoms with Gasteiger partial charge in [0, 0.05) is 82.9 Å². The summed E-state index contributed by atoms with van der Waals surface area (Å²) in [7, 11) is 6.37. The van der Waals surface area contributed by atoms with Crippen LogP contribution in [0.3, 0.4) is 0 Å². The van der Waals surface area contributed by atoms with Gasteiger partial charge in [0.05, 0.1) is 46.2 Å². The third-order valence-electron chi connectivity index (χ3n) is 12.1. The molecular formula is C51H49N7O12. The van der Waals surface area contributed by atoms with Gasteiger partial charge >= 0.3 is 5.97 Å². The number of nitrogens with zero attached hydrogens (tertiary/aromatic N) is 4. The van der Waals surface area contributed by atoms with Crippen molar-refractivity contribution < 1.29 is 57.2 Å². The van der Waals surface area contributed by atoms with Crippen LogP contribution in [-0.2, 0) is 29.2 Å². The molecular weight excluding hydrogens is 903 g/mol. The Morgan fingerprint density at radius 1 is 0.586 bits per heavy atom. The van der Waals surface area contributed by atoms with E-state index in [1.54, 1.807) is 57.1 Å². The summed E-state index contributed by atoms with van der Waals surface area (Å²) in [4.78, 5) is 84.8. The summed E-state index contributed by atoms with van der Waals surface area (Å²) in [6.45, 7) is 5.73. The summed E-state index contributed by atoms with van der Waals surface area (Å²) in [5.41, 5.74) is 6.30. The zero-order valence-electron chi connectivity index (χ0n) is 39.0. The van der Waals surface area contributed by atoms with Crippen LogP contribution in [0.15, 0.2) is 84.9 Å². The molecule has 0 unspecified atom stereocenters. The fourth-order valence-corrected chi connectivity index (χ4v) is 8.80. The third kappa shape index (κ3) is 8.98. The molecule has 0 bridgehead atoms. The van der Waals surface area contributed by atoms with Gasteiger partial charge in [-0.1, -0.05) is 0 Å². The van der Waals surface area contributed by atoms with Crippen molar-refractivity contribution in [1.29, 1.82) is 0 Å². The quantitative estimate of drug-likeness (QED) is 0.112. The summed E-state index contributed by atoms with van der Waals surface area (Å²) in [5.74, 6) is 1.90. The number of fused-ring (bicyclic) bond motifs is 10. The van der Waals surface area contributed by atoms with E-state index in [1.807, 2.05) is 69.8 Å².